The molecule has 0 radical (unpaired) electrons. The molecule has 0 bridgehead atoms. The van der Waals surface area contributed by atoms with E-state index in [-0.39, 0.29) is 35.3 Å². The Bertz CT molecular complexity index is 2560. The minimum atomic E-state index is -3.14. The predicted molar refractivity (Wildman–Crippen MR) is 237 cm³/mol. The van der Waals surface area contributed by atoms with Crippen LogP contribution in [-0.2, 0) is 19.1 Å². The van der Waals surface area contributed by atoms with E-state index in [0.29, 0.717) is 11.0 Å². The molecule has 2 fully saturated rings. The minimum absolute atomic E-state index is 0.0236. The third-order valence-corrected chi connectivity index (χ3v) is 15.8. The fraction of sp³-hybridized carbons (Fsp3) is 0.435. The highest BCUT2D eigenvalue weighted by Crippen LogP contribution is 2.47. The summed E-state index contributed by atoms with van der Waals surface area (Å²) in [6.07, 6.45) is -2.03. The molecular formula is C46H53F2N7O6Si. The number of nitrogens with zero attached hydrogens (tertiary/aromatic N) is 3. The maximum absolute atomic E-state index is 15.0. The van der Waals surface area contributed by atoms with Crippen LogP contribution in [-0.4, -0.2) is 95.6 Å². The van der Waals surface area contributed by atoms with E-state index in [1.165, 1.54) is 14.2 Å². The van der Waals surface area contributed by atoms with Gasteiger partial charge in [0, 0.05) is 37.1 Å². The Morgan fingerprint density at radius 3 is 1.81 bits per heavy atom. The highest BCUT2D eigenvalue weighted by molar-refractivity contribution is 6.78. The van der Waals surface area contributed by atoms with Gasteiger partial charge in [-0.2, -0.15) is 0 Å². The first kappa shape index (κ1) is 42.8. The van der Waals surface area contributed by atoms with Crippen molar-refractivity contribution in [2.45, 2.75) is 89.3 Å². The van der Waals surface area contributed by atoms with Crippen molar-refractivity contribution in [2.75, 3.05) is 20.8 Å². The van der Waals surface area contributed by atoms with Gasteiger partial charge in [-0.05, 0) is 70.1 Å². The summed E-state index contributed by atoms with van der Waals surface area (Å²) < 4.78 is 39.6. The van der Waals surface area contributed by atoms with Crippen LogP contribution in [0.25, 0.3) is 54.7 Å². The number of alkyl carbamates (subject to hydrolysis) is 2. The van der Waals surface area contributed by atoms with Crippen LogP contribution in [0.15, 0.2) is 60.7 Å². The van der Waals surface area contributed by atoms with Gasteiger partial charge in [0.25, 0.3) is 5.92 Å². The van der Waals surface area contributed by atoms with E-state index >= 15 is 8.78 Å². The number of nitrogens with one attached hydrogen (secondary N) is 4. The van der Waals surface area contributed by atoms with E-state index in [1.807, 2.05) is 44.2 Å². The summed E-state index contributed by atoms with van der Waals surface area (Å²) >= 11 is 0. The molecule has 5 atom stereocenters. The number of fused-ring (bicyclic) bond motifs is 6. The first-order valence-electron chi connectivity index (χ1n) is 21.1. The van der Waals surface area contributed by atoms with Gasteiger partial charge in [0.2, 0.25) is 5.91 Å². The van der Waals surface area contributed by atoms with Crippen LogP contribution in [0.5, 0.6) is 0 Å². The first-order chi connectivity index (χ1) is 29.4. The number of ether oxygens (including phenoxy) is 2. The number of alkyl halides is 2. The summed E-state index contributed by atoms with van der Waals surface area (Å²) in [7, 11) is 0.740. The Balaban J connectivity index is 1.08. The van der Waals surface area contributed by atoms with Crippen LogP contribution < -0.4 is 10.6 Å². The van der Waals surface area contributed by atoms with Crippen molar-refractivity contribution in [2.24, 2.45) is 17.8 Å². The maximum Gasteiger partial charge on any atom is 0.407 e. The number of aromatic nitrogens is 4. The number of hydrogen-bond donors (Lipinski definition) is 4. The Morgan fingerprint density at radius 1 is 0.758 bits per heavy atom. The molecule has 8 rings (SSSR count). The zero-order valence-corrected chi connectivity index (χ0v) is 37.2. The normalized spacial score (nSPS) is 20.6. The van der Waals surface area contributed by atoms with E-state index in [2.05, 4.69) is 68.8 Å². The fourth-order valence-corrected chi connectivity index (χ4v) is 13.1. The smallest absolute Gasteiger partial charge is 0.407 e. The predicted octanol–water partition coefficient (Wildman–Crippen LogP) is 9.07. The van der Waals surface area contributed by atoms with E-state index in [0.717, 1.165) is 66.5 Å². The molecule has 0 aliphatic carbocycles. The van der Waals surface area contributed by atoms with E-state index in [9.17, 15) is 19.2 Å². The molecule has 2 unspecified atom stereocenters. The number of Topliss-reactive ketones (excluding diaryl/α,β-unsaturated/α-hetero) is 1. The minimum Gasteiger partial charge on any atom is -0.453 e. The molecular weight excluding hydrogens is 813 g/mol. The lowest BCUT2D eigenvalue weighted by atomic mass is 9.84. The second-order valence-corrected chi connectivity index (χ2v) is 23.6. The standard InChI is InChI=1S/C46H53F2N7O6Si/c1-23(2)36(53-44(58)60-5)40(56)31-20-62(7,8)21-32(31)41-49-33-15-11-27-17-25(9-13-29(27)38(33)51-41)26-10-14-30-28(18-26)12-16-34-39(30)52-42(50-34)35-19-46(47,48)22-55(35)43(57)37(24(3)4)54-45(59)61-6/h9-18,23-24,31-32,35-37H,19-22H2,1-8H3,(H,49,51)(H,50,52)(H,53,58)(H,54,59)/t31?,32-,35?,36+,37+/m1/s1. The molecule has 2 aliphatic heterocycles. The molecule has 6 aromatic rings. The molecule has 16 heteroatoms. The summed E-state index contributed by atoms with van der Waals surface area (Å²) in [5.41, 5.74) is 4.96. The number of benzene rings is 4. The van der Waals surface area contributed by atoms with E-state index in [1.54, 1.807) is 13.8 Å². The molecule has 0 spiro atoms. The van der Waals surface area contributed by atoms with Crippen molar-refractivity contribution < 1.29 is 37.4 Å². The molecule has 62 heavy (non-hydrogen) atoms. The quantitative estimate of drug-likeness (QED) is 0.0988. The topological polar surface area (TPSA) is 171 Å². The molecule has 2 aliphatic rings. The van der Waals surface area contributed by atoms with Gasteiger partial charge in [-0.15, -0.1) is 0 Å². The highest BCUT2D eigenvalue weighted by atomic mass is 28.3. The molecule has 4 N–H and O–H groups in total. The van der Waals surface area contributed by atoms with Gasteiger partial charge in [-0.3, -0.25) is 9.59 Å². The molecule has 2 saturated heterocycles. The van der Waals surface area contributed by atoms with Crippen molar-refractivity contribution in [3.05, 3.63) is 72.3 Å². The number of amides is 3. The van der Waals surface area contributed by atoms with Gasteiger partial charge in [-0.25, -0.2) is 28.3 Å². The molecule has 4 heterocycles. The number of carbonyl (C=O) groups excluding carboxylic acids is 4. The second-order valence-electron chi connectivity index (χ2n) is 18.5. The molecule has 13 nitrogen and oxygen atoms in total. The van der Waals surface area contributed by atoms with Crippen molar-refractivity contribution in [1.82, 2.24) is 35.5 Å². The first-order valence-corrected chi connectivity index (χ1v) is 24.5. The third kappa shape index (κ3) is 8.00. The average Bonchev–Trinajstić information content (AvgIpc) is 4.02. The van der Waals surface area contributed by atoms with Crippen molar-refractivity contribution in [1.29, 1.82) is 0 Å². The van der Waals surface area contributed by atoms with E-state index < -0.39 is 63.2 Å². The largest absolute Gasteiger partial charge is 0.453 e. The Hall–Kier alpha value is -5.90. The summed E-state index contributed by atoms with van der Waals surface area (Å²) in [5, 5.41) is 9.00. The van der Waals surface area contributed by atoms with Crippen LogP contribution in [0.3, 0.4) is 0 Å². The zero-order chi connectivity index (χ0) is 44.4. The van der Waals surface area contributed by atoms with Crippen LogP contribution >= 0.6 is 0 Å². The molecule has 3 amide bonds. The maximum atomic E-state index is 15.0. The summed E-state index contributed by atoms with van der Waals surface area (Å²) in [6, 6.07) is 19.2. The highest BCUT2D eigenvalue weighted by Gasteiger charge is 2.51. The van der Waals surface area contributed by atoms with Gasteiger partial charge in [-0.1, -0.05) is 77.2 Å². The van der Waals surface area contributed by atoms with Gasteiger partial charge < -0.3 is 35.0 Å². The number of imidazole rings is 2. The van der Waals surface area contributed by atoms with Crippen LogP contribution in [0, 0.1) is 17.8 Å². The second kappa shape index (κ2) is 16.1. The molecule has 326 valence electrons. The van der Waals surface area contributed by atoms with Crippen LogP contribution in [0.2, 0.25) is 25.2 Å². The van der Waals surface area contributed by atoms with E-state index in [4.69, 9.17) is 14.7 Å². The molecule has 2 aromatic heterocycles. The lowest BCUT2D eigenvalue weighted by Gasteiger charge is -2.29. The van der Waals surface area contributed by atoms with Crippen LogP contribution in [0.4, 0.5) is 18.4 Å². The zero-order valence-electron chi connectivity index (χ0n) is 36.2. The number of likely N-dealkylation sites (tertiary alicyclic amines) is 1. The number of carbonyl (C=O) groups is 4. The van der Waals surface area contributed by atoms with Crippen molar-refractivity contribution in [3.8, 4) is 11.1 Å². The molecule has 0 saturated carbocycles. The number of aromatic amines is 2. The Kier molecular flexibility index (Phi) is 11.1. The number of rotatable bonds is 10. The third-order valence-electron chi connectivity index (χ3n) is 12.7. The number of ketones is 1. The van der Waals surface area contributed by atoms with Gasteiger partial charge in [0.05, 0.1) is 54.9 Å². The number of methoxy groups -OCH3 is 2. The lowest BCUT2D eigenvalue weighted by molar-refractivity contribution is -0.136. The number of H-pyrrole nitrogens is 2. The summed E-state index contributed by atoms with van der Waals surface area (Å²) in [6.45, 7) is 11.1. The monoisotopic (exact) mass is 865 g/mol. The van der Waals surface area contributed by atoms with Crippen molar-refractivity contribution >= 4 is 75.6 Å². The SMILES string of the molecule is COC(=O)N[C@H](C(=O)C1C[Si](C)(C)C[C@H]1c1nc2c(ccc3cc(-c4ccc5c(ccc6[nH]c(C7CC(F)(F)CN7C(=O)[C@@H](NC(=O)OC)C(C)C)nc65)c4)ccc32)[nH]1)C(C)C. The number of halogens is 2. The van der Waals surface area contributed by atoms with Crippen molar-refractivity contribution in [3.63, 3.8) is 0 Å². The lowest BCUT2D eigenvalue weighted by Crippen LogP contribution is -2.51. The Labute approximate surface area is 358 Å². The van der Waals surface area contributed by atoms with Gasteiger partial charge >= 0.3 is 12.2 Å². The Morgan fingerprint density at radius 2 is 1.27 bits per heavy atom. The number of hydrogen-bond acceptors (Lipinski definition) is 8. The van der Waals surface area contributed by atoms with Gasteiger partial charge in [0.1, 0.15) is 17.7 Å². The summed E-state index contributed by atoms with van der Waals surface area (Å²) in [5.74, 6) is -3.54. The summed E-state index contributed by atoms with van der Waals surface area (Å²) in [4.78, 5) is 69.9. The van der Waals surface area contributed by atoms with Crippen LogP contribution in [0.1, 0.15) is 57.7 Å². The molecule has 4 aromatic carbocycles. The fourth-order valence-electron chi connectivity index (χ4n) is 9.63. The average molecular weight is 866 g/mol. The van der Waals surface area contributed by atoms with Gasteiger partial charge in [0.15, 0.2) is 5.78 Å².